The van der Waals surface area contributed by atoms with Crippen LogP contribution in [0.3, 0.4) is 0 Å². The van der Waals surface area contributed by atoms with Gasteiger partial charge in [0.25, 0.3) is 0 Å². The van der Waals surface area contributed by atoms with Gasteiger partial charge in [0.15, 0.2) is 0 Å². The Morgan fingerprint density at radius 3 is 2.65 bits per heavy atom. The van der Waals surface area contributed by atoms with E-state index in [9.17, 15) is 8.42 Å². The summed E-state index contributed by atoms with van der Waals surface area (Å²) in [6.07, 6.45) is 0.735. The Kier molecular flexibility index (Phi) is 3.31. The molecule has 1 aliphatic heterocycles. The molecule has 2 rings (SSSR count). The quantitative estimate of drug-likeness (QED) is 0.828. The summed E-state index contributed by atoms with van der Waals surface area (Å²) in [5, 5.41) is 3.03. The number of hydrogen-bond donors (Lipinski definition) is 0. The van der Waals surface area contributed by atoms with Crippen LogP contribution in [-0.4, -0.2) is 30.0 Å². The summed E-state index contributed by atoms with van der Waals surface area (Å²) in [5.41, 5.74) is 0.901. The third-order valence-corrected chi connectivity index (χ3v) is 5.95. The third kappa shape index (κ3) is 2.86. The number of sulfonamides is 1. The second-order valence-corrected chi connectivity index (χ2v) is 8.34. The highest BCUT2D eigenvalue weighted by Gasteiger charge is 2.29. The minimum absolute atomic E-state index is 0.0345. The minimum Gasteiger partial charge on any atom is -0.244 e. The zero-order valence-electron chi connectivity index (χ0n) is 10.4. The molecule has 0 bridgehead atoms. The Morgan fingerprint density at radius 2 is 2.18 bits per heavy atom. The lowest BCUT2D eigenvalue weighted by Gasteiger charge is -2.14. The van der Waals surface area contributed by atoms with Crippen molar-refractivity contribution in [3.8, 4) is 0 Å². The van der Waals surface area contributed by atoms with Gasteiger partial charge in [-0.3, -0.25) is 0 Å². The van der Waals surface area contributed by atoms with Crippen LogP contribution in [0.25, 0.3) is 0 Å². The van der Waals surface area contributed by atoms with Crippen molar-refractivity contribution in [2.45, 2.75) is 39.2 Å². The van der Waals surface area contributed by atoms with Gasteiger partial charge in [0.1, 0.15) is 0 Å². The highest BCUT2D eigenvalue weighted by molar-refractivity contribution is 7.89. The molecule has 1 fully saturated rings. The first-order chi connectivity index (χ1) is 7.79. The maximum absolute atomic E-state index is 11.7. The SMILES string of the molecule is CC(C)(C)c1nc(CN2CCCS2(=O)=O)cs1. The van der Waals surface area contributed by atoms with Crippen molar-refractivity contribution in [3.63, 3.8) is 0 Å². The highest BCUT2D eigenvalue weighted by atomic mass is 32.2. The molecule has 0 saturated carbocycles. The molecule has 1 aromatic heterocycles. The monoisotopic (exact) mass is 274 g/mol. The van der Waals surface area contributed by atoms with Crippen molar-refractivity contribution >= 4 is 21.4 Å². The molecule has 1 aliphatic rings. The summed E-state index contributed by atoms with van der Waals surface area (Å²) >= 11 is 1.61. The van der Waals surface area contributed by atoms with Gasteiger partial charge in [0, 0.05) is 17.3 Å². The van der Waals surface area contributed by atoms with E-state index in [1.54, 1.807) is 11.3 Å². The van der Waals surface area contributed by atoms with E-state index in [0.29, 0.717) is 13.1 Å². The molecule has 2 heterocycles. The standard InChI is InChI=1S/C11H18N2O2S2/c1-11(2,3)10-12-9(8-16-10)7-13-5-4-6-17(13,14)15/h8H,4-7H2,1-3H3. The third-order valence-electron chi connectivity index (χ3n) is 2.73. The molecular formula is C11H18N2O2S2. The van der Waals surface area contributed by atoms with Crippen LogP contribution < -0.4 is 0 Å². The van der Waals surface area contributed by atoms with E-state index in [2.05, 4.69) is 25.8 Å². The molecule has 0 atom stereocenters. The van der Waals surface area contributed by atoms with Gasteiger partial charge in [-0.2, -0.15) is 4.31 Å². The van der Waals surface area contributed by atoms with Crippen LogP contribution in [0.2, 0.25) is 0 Å². The van der Waals surface area contributed by atoms with Gasteiger partial charge in [-0.05, 0) is 6.42 Å². The van der Waals surface area contributed by atoms with Crippen molar-refractivity contribution in [3.05, 3.63) is 16.1 Å². The molecule has 0 amide bonds. The lowest BCUT2D eigenvalue weighted by atomic mass is 9.98. The number of nitrogens with zero attached hydrogens (tertiary/aromatic N) is 2. The topological polar surface area (TPSA) is 50.3 Å². The van der Waals surface area contributed by atoms with E-state index in [4.69, 9.17) is 0 Å². The van der Waals surface area contributed by atoms with Gasteiger partial charge in [-0.25, -0.2) is 13.4 Å². The second kappa shape index (κ2) is 4.33. The maximum atomic E-state index is 11.7. The molecule has 0 spiro atoms. The molecule has 0 aromatic carbocycles. The average Bonchev–Trinajstić information content (AvgIpc) is 2.74. The summed E-state index contributed by atoms with van der Waals surface area (Å²) in [6, 6.07) is 0. The Hall–Kier alpha value is -0.460. The molecule has 17 heavy (non-hydrogen) atoms. The summed E-state index contributed by atoms with van der Waals surface area (Å²) in [4.78, 5) is 4.52. The van der Waals surface area contributed by atoms with Crippen molar-refractivity contribution in [2.75, 3.05) is 12.3 Å². The van der Waals surface area contributed by atoms with E-state index in [0.717, 1.165) is 17.1 Å². The van der Waals surface area contributed by atoms with Crippen LogP contribution in [0.4, 0.5) is 0 Å². The van der Waals surface area contributed by atoms with Gasteiger partial charge in [0.2, 0.25) is 10.0 Å². The summed E-state index contributed by atoms with van der Waals surface area (Å²) in [6.45, 7) is 7.40. The average molecular weight is 274 g/mol. The number of aromatic nitrogens is 1. The molecular weight excluding hydrogens is 256 g/mol. The molecule has 0 N–H and O–H groups in total. The predicted octanol–water partition coefficient (Wildman–Crippen LogP) is 1.98. The van der Waals surface area contributed by atoms with E-state index in [1.807, 2.05) is 5.38 Å². The molecule has 1 saturated heterocycles. The second-order valence-electron chi connectivity index (χ2n) is 5.40. The molecule has 0 aliphatic carbocycles. The van der Waals surface area contributed by atoms with Gasteiger partial charge in [0.05, 0.1) is 23.0 Å². The van der Waals surface area contributed by atoms with Gasteiger partial charge < -0.3 is 0 Å². The molecule has 96 valence electrons. The smallest absolute Gasteiger partial charge is 0.214 e. The van der Waals surface area contributed by atoms with Crippen LogP contribution in [0.1, 0.15) is 37.9 Å². The Labute approximate surface area is 107 Å². The van der Waals surface area contributed by atoms with E-state index in [-0.39, 0.29) is 11.2 Å². The first kappa shape index (κ1) is 13.0. The number of thiazole rings is 1. The van der Waals surface area contributed by atoms with E-state index >= 15 is 0 Å². The van der Waals surface area contributed by atoms with Crippen LogP contribution >= 0.6 is 11.3 Å². The number of hydrogen-bond acceptors (Lipinski definition) is 4. The number of rotatable bonds is 2. The van der Waals surface area contributed by atoms with Crippen molar-refractivity contribution in [2.24, 2.45) is 0 Å². The summed E-state index contributed by atoms with van der Waals surface area (Å²) < 4.78 is 24.9. The zero-order chi connectivity index (χ0) is 12.7. The Morgan fingerprint density at radius 1 is 1.47 bits per heavy atom. The van der Waals surface area contributed by atoms with Gasteiger partial charge in [-0.1, -0.05) is 20.8 Å². The fourth-order valence-corrected chi connectivity index (χ4v) is 4.16. The first-order valence-electron chi connectivity index (χ1n) is 5.72. The lowest BCUT2D eigenvalue weighted by molar-refractivity contribution is 0.434. The van der Waals surface area contributed by atoms with Gasteiger partial charge in [-0.15, -0.1) is 11.3 Å². The van der Waals surface area contributed by atoms with E-state index in [1.165, 1.54) is 4.31 Å². The fraction of sp³-hybridized carbons (Fsp3) is 0.727. The van der Waals surface area contributed by atoms with Crippen molar-refractivity contribution in [1.29, 1.82) is 0 Å². The molecule has 0 unspecified atom stereocenters. The Bertz CT molecular complexity index is 500. The predicted molar refractivity (Wildman–Crippen MR) is 69.6 cm³/mol. The summed E-state index contributed by atoms with van der Waals surface area (Å²) in [5.74, 6) is 0.281. The molecule has 4 nitrogen and oxygen atoms in total. The van der Waals surface area contributed by atoms with Crippen molar-refractivity contribution in [1.82, 2.24) is 9.29 Å². The minimum atomic E-state index is -3.01. The maximum Gasteiger partial charge on any atom is 0.214 e. The van der Waals surface area contributed by atoms with Crippen LogP contribution in [-0.2, 0) is 22.0 Å². The van der Waals surface area contributed by atoms with Crippen LogP contribution in [0, 0.1) is 0 Å². The normalized spacial score (nSPS) is 20.9. The van der Waals surface area contributed by atoms with Crippen LogP contribution in [0.15, 0.2) is 5.38 Å². The van der Waals surface area contributed by atoms with E-state index < -0.39 is 10.0 Å². The van der Waals surface area contributed by atoms with Crippen LogP contribution in [0.5, 0.6) is 0 Å². The largest absolute Gasteiger partial charge is 0.244 e. The zero-order valence-corrected chi connectivity index (χ0v) is 12.1. The first-order valence-corrected chi connectivity index (χ1v) is 8.21. The fourth-order valence-electron chi connectivity index (χ4n) is 1.77. The van der Waals surface area contributed by atoms with Crippen molar-refractivity contribution < 1.29 is 8.42 Å². The lowest BCUT2D eigenvalue weighted by Crippen LogP contribution is -2.25. The Balaban J connectivity index is 2.13. The molecule has 1 aromatic rings. The van der Waals surface area contributed by atoms with Gasteiger partial charge >= 0.3 is 0 Å². The molecule has 6 heteroatoms. The highest BCUT2D eigenvalue weighted by Crippen LogP contribution is 2.26. The summed E-state index contributed by atoms with van der Waals surface area (Å²) in [7, 11) is -3.01. The molecule has 0 radical (unpaired) electrons.